The second-order valence-electron chi connectivity index (χ2n) is 5.26. The second kappa shape index (κ2) is 6.28. The predicted molar refractivity (Wildman–Crippen MR) is 78.3 cm³/mol. The van der Waals surface area contributed by atoms with E-state index in [0.717, 1.165) is 24.5 Å². The molecule has 0 unspecified atom stereocenters. The zero-order chi connectivity index (χ0) is 13.8. The Morgan fingerprint density at radius 2 is 2.05 bits per heavy atom. The summed E-state index contributed by atoms with van der Waals surface area (Å²) in [5.74, 6) is 0.833. The van der Waals surface area contributed by atoms with E-state index in [1.807, 2.05) is 22.9 Å². The third kappa shape index (κ3) is 2.96. The molecular formula is C14H19N5S. The van der Waals surface area contributed by atoms with E-state index in [1.54, 1.807) is 11.1 Å². The van der Waals surface area contributed by atoms with Crippen LogP contribution in [0.25, 0.3) is 11.4 Å². The highest BCUT2D eigenvalue weighted by molar-refractivity contribution is 7.58. The first kappa shape index (κ1) is 13.5. The molecule has 1 saturated heterocycles. The Labute approximate surface area is 124 Å². The maximum atomic E-state index is 5.30. The molecule has 0 atom stereocenters. The number of aromatic nitrogens is 4. The highest BCUT2D eigenvalue weighted by Crippen LogP contribution is 2.16. The summed E-state index contributed by atoms with van der Waals surface area (Å²) in [5.41, 5.74) is 0.977. The molecule has 0 aromatic carbocycles. The lowest BCUT2D eigenvalue weighted by Crippen LogP contribution is -3.13. The van der Waals surface area contributed by atoms with Crippen LogP contribution in [0, 0.1) is 0 Å². The van der Waals surface area contributed by atoms with Crippen LogP contribution in [0.1, 0.15) is 19.3 Å². The van der Waals surface area contributed by atoms with Crippen molar-refractivity contribution in [1.82, 2.24) is 19.7 Å². The van der Waals surface area contributed by atoms with Gasteiger partial charge in [0.25, 0.3) is 0 Å². The van der Waals surface area contributed by atoms with E-state index < -0.39 is 0 Å². The quantitative estimate of drug-likeness (QED) is 0.823. The predicted octanol–water partition coefficient (Wildman–Crippen LogP) is 0.315. The average molecular weight is 289 g/mol. The summed E-state index contributed by atoms with van der Waals surface area (Å²) in [6.07, 6.45) is 7.63. The van der Waals surface area contributed by atoms with Gasteiger partial charge in [0.2, 0.25) is 0 Å². The highest BCUT2D eigenvalue weighted by Gasteiger charge is 2.15. The van der Waals surface area contributed by atoms with Crippen molar-refractivity contribution in [3.05, 3.63) is 24.5 Å². The van der Waals surface area contributed by atoms with Crippen LogP contribution in [0.2, 0.25) is 0 Å². The van der Waals surface area contributed by atoms with Crippen LogP contribution >= 0.6 is 0 Å². The standard InChI is InChI=1S/C14H19N5S/c20-14-17-16-13(12-5-4-6-15-11-12)19(14)10-9-18-7-2-1-3-8-18/h4-6,11H,1-3,7-10H2,(H,17,20). The number of likely N-dealkylation sites (tertiary alicyclic amines) is 1. The van der Waals surface area contributed by atoms with Gasteiger partial charge in [0, 0.05) is 23.1 Å². The zero-order valence-corrected chi connectivity index (χ0v) is 12.3. The van der Waals surface area contributed by atoms with Crippen LogP contribution in [0.15, 0.2) is 29.7 Å². The molecule has 1 N–H and O–H groups in total. The fourth-order valence-corrected chi connectivity index (χ4v) is 2.99. The summed E-state index contributed by atoms with van der Waals surface area (Å²) in [6.45, 7) is 4.52. The topological polar surface area (TPSA) is 48.0 Å². The lowest BCUT2D eigenvalue weighted by Gasteiger charge is -2.24. The molecule has 1 fully saturated rings. The first-order chi connectivity index (χ1) is 9.84. The summed E-state index contributed by atoms with van der Waals surface area (Å²) in [4.78, 5) is 5.80. The first-order valence-electron chi connectivity index (χ1n) is 7.19. The number of quaternary nitrogens is 1. The molecule has 3 rings (SSSR count). The van der Waals surface area contributed by atoms with Crippen LogP contribution in [-0.2, 0) is 19.2 Å². The van der Waals surface area contributed by atoms with Gasteiger partial charge in [-0.1, -0.05) is 0 Å². The van der Waals surface area contributed by atoms with Crippen molar-refractivity contribution < 1.29 is 4.90 Å². The molecule has 20 heavy (non-hydrogen) atoms. The molecular weight excluding hydrogens is 270 g/mol. The molecule has 2 aromatic heterocycles. The van der Waals surface area contributed by atoms with Crippen molar-refractivity contribution in [2.75, 3.05) is 19.6 Å². The zero-order valence-electron chi connectivity index (χ0n) is 11.5. The van der Waals surface area contributed by atoms with Crippen molar-refractivity contribution in [1.29, 1.82) is 0 Å². The van der Waals surface area contributed by atoms with Crippen molar-refractivity contribution in [3.63, 3.8) is 0 Å². The Morgan fingerprint density at radius 3 is 2.80 bits per heavy atom. The third-order valence-corrected chi connectivity index (χ3v) is 4.19. The number of pyridine rings is 1. The maximum Gasteiger partial charge on any atom is 0.164 e. The molecule has 5 nitrogen and oxygen atoms in total. The number of rotatable bonds is 4. The Balaban J connectivity index is 1.74. The lowest BCUT2D eigenvalue weighted by atomic mass is 10.1. The van der Waals surface area contributed by atoms with Gasteiger partial charge in [-0.25, -0.2) is 0 Å². The van der Waals surface area contributed by atoms with Gasteiger partial charge in [0.1, 0.15) is 0 Å². The minimum Gasteiger partial charge on any atom is -0.740 e. The Morgan fingerprint density at radius 1 is 1.20 bits per heavy atom. The van der Waals surface area contributed by atoms with E-state index in [2.05, 4.69) is 15.2 Å². The van der Waals surface area contributed by atoms with Crippen molar-refractivity contribution in [2.24, 2.45) is 0 Å². The van der Waals surface area contributed by atoms with Crippen LogP contribution in [0.5, 0.6) is 0 Å². The largest absolute Gasteiger partial charge is 0.740 e. The summed E-state index contributed by atoms with van der Waals surface area (Å²) in [5, 5.41) is 8.83. The van der Waals surface area contributed by atoms with E-state index in [4.69, 9.17) is 12.6 Å². The van der Waals surface area contributed by atoms with Gasteiger partial charge in [-0.2, -0.15) is 5.10 Å². The van der Waals surface area contributed by atoms with Gasteiger partial charge in [0.05, 0.1) is 26.2 Å². The highest BCUT2D eigenvalue weighted by atomic mass is 32.1. The molecule has 106 valence electrons. The molecule has 1 aliphatic rings. The summed E-state index contributed by atoms with van der Waals surface area (Å²) in [6, 6.07) is 3.91. The molecule has 6 heteroatoms. The number of nitrogens with one attached hydrogen (secondary N) is 1. The Bertz CT molecular complexity index is 548. The molecule has 0 saturated carbocycles. The molecule has 0 radical (unpaired) electrons. The van der Waals surface area contributed by atoms with Gasteiger partial charge < -0.3 is 22.1 Å². The van der Waals surface area contributed by atoms with E-state index >= 15 is 0 Å². The minimum atomic E-state index is 0.570. The van der Waals surface area contributed by atoms with Crippen molar-refractivity contribution in [2.45, 2.75) is 31.0 Å². The summed E-state index contributed by atoms with van der Waals surface area (Å²) in [7, 11) is 0. The second-order valence-corrected chi connectivity index (χ2v) is 5.63. The normalized spacial score (nSPS) is 16.4. The summed E-state index contributed by atoms with van der Waals surface area (Å²) >= 11 is 5.30. The van der Waals surface area contributed by atoms with Gasteiger partial charge in [-0.15, -0.1) is 5.10 Å². The van der Waals surface area contributed by atoms with Gasteiger partial charge in [-0.05, 0) is 31.4 Å². The molecule has 0 spiro atoms. The Hall–Kier alpha value is -1.53. The Kier molecular flexibility index (Phi) is 4.22. The van der Waals surface area contributed by atoms with Gasteiger partial charge in [-0.3, -0.25) is 4.98 Å². The van der Waals surface area contributed by atoms with Crippen LogP contribution < -0.4 is 4.90 Å². The summed E-state index contributed by atoms with van der Waals surface area (Å²) < 4.78 is 2.04. The van der Waals surface area contributed by atoms with E-state index in [0.29, 0.717) is 5.16 Å². The van der Waals surface area contributed by atoms with E-state index in [1.165, 1.54) is 32.4 Å². The van der Waals surface area contributed by atoms with E-state index in [-0.39, 0.29) is 0 Å². The first-order valence-corrected chi connectivity index (χ1v) is 7.59. The van der Waals surface area contributed by atoms with Crippen LogP contribution in [0.4, 0.5) is 0 Å². The molecule has 3 heterocycles. The minimum absolute atomic E-state index is 0.570. The molecule has 0 amide bonds. The van der Waals surface area contributed by atoms with E-state index in [9.17, 15) is 0 Å². The molecule has 0 aliphatic carbocycles. The molecule has 1 aliphatic heterocycles. The van der Waals surface area contributed by atoms with Crippen molar-refractivity contribution in [3.8, 4) is 11.4 Å². The lowest BCUT2D eigenvalue weighted by molar-refractivity contribution is -0.905. The van der Waals surface area contributed by atoms with Crippen molar-refractivity contribution >= 4 is 12.6 Å². The fourth-order valence-electron chi connectivity index (χ4n) is 2.77. The SMILES string of the molecule is [S-]c1nnc(-c2cccnc2)n1CC[NH+]1CCCCC1. The van der Waals surface area contributed by atoms with Crippen LogP contribution in [0.3, 0.4) is 0 Å². The fraction of sp³-hybridized carbons (Fsp3) is 0.500. The van der Waals surface area contributed by atoms with Gasteiger partial charge >= 0.3 is 0 Å². The smallest absolute Gasteiger partial charge is 0.164 e. The van der Waals surface area contributed by atoms with Crippen LogP contribution in [-0.4, -0.2) is 39.4 Å². The monoisotopic (exact) mass is 289 g/mol. The number of hydrogen-bond donors (Lipinski definition) is 1. The van der Waals surface area contributed by atoms with Gasteiger partial charge in [0.15, 0.2) is 5.82 Å². The third-order valence-electron chi connectivity index (χ3n) is 3.89. The number of nitrogens with zero attached hydrogens (tertiary/aromatic N) is 4. The number of hydrogen-bond acceptors (Lipinski definition) is 4. The molecule has 2 aromatic rings. The maximum absolute atomic E-state index is 5.30. The average Bonchev–Trinajstić information content (AvgIpc) is 2.88. The molecule has 0 bridgehead atoms. The number of piperidine rings is 1.